The van der Waals surface area contributed by atoms with Crippen LogP contribution < -0.4 is 11.0 Å². The maximum atomic E-state index is 14.6. The third kappa shape index (κ3) is 3.08. The van der Waals surface area contributed by atoms with Crippen LogP contribution in [0, 0.1) is 17.5 Å². The van der Waals surface area contributed by atoms with Crippen molar-refractivity contribution in [3.8, 4) is 5.69 Å². The van der Waals surface area contributed by atoms with E-state index in [0.29, 0.717) is 24.9 Å². The minimum Gasteiger partial charge on any atom is -0.319 e. The highest BCUT2D eigenvalue weighted by Gasteiger charge is 2.23. The van der Waals surface area contributed by atoms with Crippen molar-refractivity contribution >= 4 is 11.6 Å². The minimum absolute atomic E-state index is 0.158. The monoisotopic (exact) mass is 388 g/mol. The zero-order chi connectivity index (χ0) is 19.8. The Morgan fingerprint density at radius 1 is 1.04 bits per heavy atom. The van der Waals surface area contributed by atoms with E-state index in [1.165, 1.54) is 22.8 Å². The number of carbonyl (C=O) groups excluding carboxylic acids is 1. The van der Waals surface area contributed by atoms with E-state index >= 15 is 0 Å². The van der Waals surface area contributed by atoms with Gasteiger partial charge >= 0.3 is 5.69 Å². The average molecular weight is 388 g/mol. The molecule has 0 fully saturated rings. The Morgan fingerprint density at radius 2 is 1.82 bits per heavy atom. The summed E-state index contributed by atoms with van der Waals surface area (Å²) < 4.78 is 45.0. The molecule has 0 bridgehead atoms. The summed E-state index contributed by atoms with van der Waals surface area (Å²) >= 11 is 0. The number of aromatic nitrogens is 3. The number of hydrogen-bond acceptors (Lipinski definition) is 3. The predicted octanol–water partition coefficient (Wildman–Crippen LogP) is 3.04. The molecule has 6 nitrogen and oxygen atoms in total. The zero-order valence-electron chi connectivity index (χ0n) is 14.6. The van der Waals surface area contributed by atoms with Crippen LogP contribution in [-0.2, 0) is 13.0 Å². The second-order valence-electron chi connectivity index (χ2n) is 6.44. The van der Waals surface area contributed by atoms with Crippen molar-refractivity contribution in [2.45, 2.75) is 25.8 Å². The summed E-state index contributed by atoms with van der Waals surface area (Å²) in [6, 6.07) is 6.76. The predicted molar refractivity (Wildman–Crippen MR) is 95.0 cm³/mol. The first-order valence-corrected chi connectivity index (χ1v) is 8.70. The lowest BCUT2D eigenvalue weighted by Crippen LogP contribution is -2.27. The number of halogens is 3. The van der Waals surface area contributed by atoms with E-state index in [4.69, 9.17) is 0 Å². The molecule has 0 saturated heterocycles. The highest BCUT2D eigenvalue weighted by atomic mass is 19.1. The Kier molecular flexibility index (Phi) is 4.50. The van der Waals surface area contributed by atoms with E-state index in [-0.39, 0.29) is 11.4 Å². The maximum absolute atomic E-state index is 14.6. The molecule has 3 aromatic rings. The first-order chi connectivity index (χ1) is 13.5. The van der Waals surface area contributed by atoms with Crippen LogP contribution in [-0.4, -0.2) is 20.3 Å². The number of rotatable bonds is 3. The van der Waals surface area contributed by atoms with Crippen molar-refractivity contribution in [2.24, 2.45) is 0 Å². The Hall–Kier alpha value is -3.36. The number of nitrogens with zero attached hydrogens (tertiary/aromatic N) is 3. The quantitative estimate of drug-likeness (QED) is 0.750. The van der Waals surface area contributed by atoms with Gasteiger partial charge in [-0.1, -0.05) is 12.1 Å². The average Bonchev–Trinajstić information content (AvgIpc) is 3.02. The number of hydrogen-bond donors (Lipinski definition) is 1. The molecule has 4 rings (SSSR count). The lowest BCUT2D eigenvalue weighted by molar-refractivity contribution is 0.102. The molecular weight excluding hydrogens is 373 g/mol. The summed E-state index contributed by atoms with van der Waals surface area (Å²) in [6.07, 6.45) is 2.25. The van der Waals surface area contributed by atoms with Gasteiger partial charge in [0.05, 0.1) is 11.3 Å². The van der Waals surface area contributed by atoms with E-state index in [1.807, 2.05) is 0 Å². The van der Waals surface area contributed by atoms with Crippen LogP contribution in [0.3, 0.4) is 0 Å². The van der Waals surface area contributed by atoms with Gasteiger partial charge in [-0.15, -0.1) is 5.10 Å². The Morgan fingerprint density at radius 3 is 2.57 bits per heavy atom. The number of amides is 1. The topological polar surface area (TPSA) is 68.9 Å². The SMILES string of the molecule is O=C(Nc1ccccc1F)c1cc(F)c(-n2nc3n(c2=O)CCCC3)cc1F. The van der Waals surface area contributed by atoms with Crippen LogP contribution in [0.1, 0.15) is 29.0 Å². The van der Waals surface area contributed by atoms with Crippen LogP contribution in [0.2, 0.25) is 0 Å². The van der Waals surface area contributed by atoms with Gasteiger partial charge in [0.15, 0.2) is 0 Å². The number of aryl methyl sites for hydroxylation is 1. The summed E-state index contributed by atoms with van der Waals surface area (Å²) in [4.78, 5) is 24.7. The zero-order valence-corrected chi connectivity index (χ0v) is 14.6. The Bertz CT molecular complexity index is 1140. The highest BCUT2D eigenvalue weighted by Crippen LogP contribution is 2.21. The molecule has 0 atom stereocenters. The van der Waals surface area contributed by atoms with Gasteiger partial charge in [0, 0.05) is 19.0 Å². The van der Waals surface area contributed by atoms with Crippen molar-refractivity contribution in [3.63, 3.8) is 0 Å². The number of nitrogens with one attached hydrogen (secondary N) is 1. The number of benzene rings is 2. The largest absolute Gasteiger partial charge is 0.350 e. The van der Waals surface area contributed by atoms with Gasteiger partial charge in [-0.2, -0.15) is 4.68 Å². The molecule has 1 aromatic heterocycles. The Labute approximate surface area is 157 Å². The third-order valence-electron chi connectivity index (χ3n) is 4.60. The molecule has 0 spiro atoms. The molecule has 2 heterocycles. The molecule has 144 valence electrons. The smallest absolute Gasteiger partial charge is 0.319 e. The van der Waals surface area contributed by atoms with Gasteiger partial charge in [-0.05, 0) is 31.0 Å². The fourth-order valence-corrected chi connectivity index (χ4v) is 3.18. The highest BCUT2D eigenvalue weighted by molar-refractivity contribution is 6.04. The van der Waals surface area contributed by atoms with E-state index < -0.39 is 34.6 Å². The summed E-state index contributed by atoms with van der Waals surface area (Å²) in [5, 5.41) is 6.28. The summed E-state index contributed by atoms with van der Waals surface area (Å²) in [6.45, 7) is 0.474. The van der Waals surface area contributed by atoms with Gasteiger partial charge in [-0.25, -0.2) is 18.0 Å². The van der Waals surface area contributed by atoms with E-state index in [2.05, 4.69) is 10.4 Å². The summed E-state index contributed by atoms with van der Waals surface area (Å²) in [5.41, 5.74) is -1.71. The van der Waals surface area contributed by atoms with Crippen molar-refractivity contribution in [1.82, 2.24) is 14.3 Å². The first kappa shape index (κ1) is 18.0. The maximum Gasteiger partial charge on any atom is 0.350 e. The first-order valence-electron chi connectivity index (χ1n) is 8.70. The van der Waals surface area contributed by atoms with E-state index in [0.717, 1.165) is 29.7 Å². The normalized spacial score (nSPS) is 13.2. The summed E-state index contributed by atoms with van der Waals surface area (Å²) in [5.74, 6) is -3.24. The molecule has 9 heteroatoms. The number of carbonyl (C=O) groups is 1. The molecule has 1 aliphatic heterocycles. The van der Waals surface area contributed by atoms with Crippen LogP contribution >= 0.6 is 0 Å². The van der Waals surface area contributed by atoms with E-state index in [1.54, 1.807) is 0 Å². The number of anilines is 1. The fraction of sp³-hybridized carbons (Fsp3) is 0.211. The molecule has 2 aromatic carbocycles. The number of para-hydroxylation sites is 1. The Balaban J connectivity index is 1.70. The van der Waals surface area contributed by atoms with Crippen molar-refractivity contribution in [2.75, 3.05) is 5.32 Å². The molecule has 0 unspecified atom stereocenters. The van der Waals surface area contributed by atoms with Gasteiger partial charge in [0.25, 0.3) is 5.91 Å². The molecule has 0 radical (unpaired) electrons. The molecule has 1 amide bonds. The van der Waals surface area contributed by atoms with Crippen molar-refractivity contribution in [1.29, 1.82) is 0 Å². The van der Waals surface area contributed by atoms with Gasteiger partial charge in [-0.3, -0.25) is 9.36 Å². The number of fused-ring (bicyclic) bond motifs is 1. The van der Waals surface area contributed by atoms with Gasteiger partial charge < -0.3 is 5.32 Å². The lowest BCUT2D eigenvalue weighted by atomic mass is 10.1. The molecular formula is C19H15F3N4O2. The molecule has 28 heavy (non-hydrogen) atoms. The second kappa shape index (κ2) is 6.99. The van der Waals surface area contributed by atoms with Crippen LogP contribution in [0.15, 0.2) is 41.2 Å². The van der Waals surface area contributed by atoms with Gasteiger partial charge in [0.2, 0.25) is 0 Å². The second-order valence-corrected chi connectivity index (χ2v) is 6.44. The molecule has 1 aliphatic rings. The fourth-order valence-electron chi connectivity index (χ4n) is 3.18. The van der Waals surface area contributed by atoms with Gasteiger partial charge in [0.1, 0.15) is 29.0 Å². The lowest BCUT2D eigenvalue weighted by Gasteiger charge is -2.09. The third-order valence-corrected chi connectivity index (χ3v) is 4.60. The molecule has 0 saturated carbocycles. The van der Waals surface area contributed by atoms with Crippen LogP contribution in [0.5, 0.6) is 0 Å². The van der Waals surface area contributed by atoms with Crippen molar-refractivity contribution in [3.05, 3.63) is 75.7 Å². The minimum atomic E-state index is -1.05. The molecule has 1 N–H and O–H groups in total. The van der Waals surface area contributed by atoms with Crippen LogP contribution in [0.25, 0.3) is 5.69 Å². The van der Waals surface area contributed by atoms with E-state index in [9.17, 15) is 22.8 Å². The molecule has 0 aliphatic carbocycles. The summed E-state index contributed by atoms with van der Waals surface area (Å²) in [7, 11) is 0. The standard InChI is InChI=1S/C19H15F3N4O2/c20-12-5-1-2-6-15(12)23-18(27)11-9-14(22)16(10-13(11)21)26-19(28)25-8-4-3-7-17(25)24-26/h1-2,5-6,9-10H,3-4,7-8H2,(H,23,27). The van der Waals surface area contributed by atoms with Crippen LogP contribution in [0.4, 0.5) is 18.9 Å². The van der Waals surface area contributed by atoms with Crippen molar-refractivity contribution < 1.29 is 18.0 Å².